The van der Waals surface area contributed by atoms with Crippen molar-refractivity contribution in [3.8, 4) is 5.75 Å². The van der Waals surface area contributed by atoms with Gasteiger partial charge in [-0.05, 0) is 24.6 Å². The van der Waals surface area contributed by atoms with Crippen molar-refractivity contribution in [1.82, 2.24) is 0 Å². The maximum Gasteiger partial charge on any atom is 0.138 e. The molecule has 0 aromatic heterocycles. The lowest BCUT2D eigenvalue weighted by atomic mass is 10.2. The van der Waals surface area contributed by atoms with Gasteiger partial charge >= 0.3 is 0 Å². The number of nitroso groups, excluding NO2 is 1. The molecule has 1 rings (SSSR count). The fraction of sp³-hybridized carbons (Fsp3) is 0.600. The summed E-state index contributed by atoms with van der Waals surface area (Å²) in [5.41, 5.74) is 1.09. The van der Waals surface area contributed by atoms with Crippen LogP contribution in [0.25, 0.3) is 0 Å². The predicted molar refractivity (Wildman–Crippen MR) is 84.8 cm³/mol. The number of benzene rings is 1. The second kappa shape index (κ2) is 12.3. The third kappa shape index (κ3) is 8.94. The van der Waals surface area contributed by atoms with Crippen LogP contribution < -0.4 is 4.74 Å². The van der Waals surface area contributed by atoms with Crippen LogP contribution in [-0.2, 0) is 14.2 Å². The van der Waals surface area contributed by atoms with Crippen molar-refractivity contribution in [3.63, 3.8) is 0 Å². The first-order valence-corrected chi connectivity index (χ1v) is 7.53. The lowest BCUT2D eigenvalue weighted by Crippen LogP contribution is -2.13. The van der Waals surface area contributed by atoms with Crippen molar-refractivity contribution < 1.29 is 18.9 Å². The van der Waals surface area contributed by atoms with Crippen LogP contribution >= 0.6 is 11.6 Å². The standard InChI is InChI=1S/C15H22ClNO5/c1-13-2-3-15(14(16)12-13)22-11-10-21-9-8-20-7-6-19-5-4-17-18/h2-3,12H,4-11H2,1H3. The zero-order valence-electron chi connectivity index (χ0n) is 12.8. The first-order valence-electron chi connectivity index (χ1n) is 7.15. The molecule has 0 atom stereocenters. The van der Waals surface area contributed by atoms with Gasteiger partial charge in [0.25, 0.3) is 0 Å². The summed E-state index contributed by atoms with van der Waals surface area (Å²) in [5, 5.41) is 3.29. The Hall–Kier alpha value is -1.21. The van der Waals surface area contributed by atoms with Gasteiger partial charge in [-0.3, -0.25) is 0 Å². The summed E-state index contributed by atoms with van der Waals surface area (Å²) in [4.78, 5) is 9.79. The molecule has 7 heteroatoms. The Bertz CT molecular complexity index is 430. The van der Waals surface area contributed by atoms with Gasteiger partial charge in [0.15, 0.2) is 0 Å². The summed E-state index contributed by atoms with van der Waals surface area (Å²) in [5.74, 6) is 0.661. The maximum absolute atomic E-state index is 9.79. The molecule has 0 aliphatic heterocycles. The Kier molecular flexibility index (Phi) is 10.6. The number of hydrogen-bond acceptors (Lipinski definition) is 6. The summed E-state index contributed by atoms with van der Waals surface area (Å²) < 4.78 is 21.3. The number of ether oxygens (including phenoxy) is 4. The second-order valence-corrected chi connectivity index (χ2v) is 4.88. The van der Waals surface area contributed by atoms with Crippen LogP contribution in [0, 0.1) is 11.8 Å². The molecule has 124 valence electrons. The fourth-order valence-electron chi connectivity index (χ4n) is 1.58. The fourth-order valence-corrected chi connectivity index (χ4v) is 1.87. The van der Waals surface area contributed by atoms with Crippen molar-refractivity contribution in [3.05, 3.63) is 33.7 Å². The Morgan fingerprint density at radius 1 is 0.955 bits per heavy atom. The highest BCUT2D eigenvalue weighted by Gasteiger charge is 2.01. The van der Waals surface area contributed by atoms with Crippen molar-refractivity contribution in [1.29, 1.82) is 0 Å². The van der Waals surface area contributed by atoms with Gasteiger partial charge in [-0.2, -0.15) is 4.91 Å². The van der Waals surface area contributed by atoms with Crippen molar-refractivity contribution in [2.45, 2.75) is 6.92 Å². The molecule has 0 bridgehead atoms. The van der Waals surface area contributed by atoms with Crippen LogP contribution in [0.4, 0.5) is 0 Å². The van der Waals surface area contributed by atoms with E-state index in [1.54, 1.807) is 0 Å². The Morgan fingerprint density at radius 2 is 1.55 bits per heavy atom. The molecule has 0 spiro atoms. The number of nitrogens with zero attached hydrogens (tertiary/aromatic N) is 1. The van der Waals surface area contributed by atoms with E-state index in [1.807, 2.05) is 25.1 Å². The first-order chi connectivity index (χ1) is 10.7. The van der Waals surface area contributed by atoms with Crippen LogP contribution in [-0.4, -0.2) is 52.8 Å². The van der Waals surface area contributed by atoms with E-state index in [1.165, 1.54) is 0 Å². The zero-order chi connectivity index (χ0) is 16.0. The minimum absolute atomic E-state index is 0.175. The molecule has 0 heterocycles. The van der Waals surface area contributed by atoms with Crippen molar-refractivity contribution in [2.24, 2.45) is 5.18 Å². The molecule has 0 aliphatic carbocycles. The van der Waals surface area contributed by atoms with Gasteiger partial charge < -0.3 is 18.9 Å². The first kappa shape index (κ1) is 18.8. The molecule has 22 heavy (non-hydrogen) atoms. The lowest BCUT2D eigenvalue weighted by molar-refractivity contribution is 0.0106. The normalized spacial score (nSPS) is 10.6. The number of hydrogen-bond donors (Lipinski definition) is 0. The molecular formula is C15H22ClNO5. The van der Waals surface area contributed by atoms with E-state index in [0.29, 0.717) is 57.0 Å². The molecule has 1 aromatic rings. The number of halogens is 1. The molecule has 0 saturated heterocycles. The smallest absolute Gasteiger partial charge is 0.138 e. The van der Waals surface area contributed by atoms with E-state index in [2.05, 4.69) is 5.18 Å². The molecule has 6 nitrogen and oxygen atoms in total. The third-order valence-electron chi connectivity index (χ3n) is 2.64. The minimum atomic E-state index is 0.175. The number of aryl methyl sites for hydroxylation is 1. The van der Waals surface area contributed by atoms with Gasteiger partial charge in [0, 0.05) is 0 Å². The van der Waals surface area contributed by atoms with Gasteiger partial charge in [-0.1, -0.05) is 22.8 Å². The summed E-state index contributed by atoms with van der Waals surface area (Å²) in [6, 6.07) is 5.66. The van der Waals surface area contributed by atoms with E-state index in [9.17, 15) is 4.91 Å². The van der Waals surface area contributed by atoms with Gasteiger partial charge in [-0.15, -0.1) is 0 Å². The average Bonchev–Trinajstić information content (AvgIpc) is 2.50. The second-order valence-electron chi connectivity index (χ2n) is 4.47. The molecule has 0 saturated carbocycles. The van der Waals surface area contributed by atoms with Gasteiger partial charge in [-0.25, -0.2) is 0 Å². The van der Waals surface area contributed by atoms with Crippen molar-refractivity contribution >= 4 is 11.6 Å². The van der Waals surface area contributed by atoms with Crippen molar-refractivity contribution in [2.75, 3.05) is 52.8 Å². The van der Waals surface area contributed by atoms with E-state index in [4.69, 9.17) is 30.5 Å². The monoisotopic (exact) mass is 331 g/mol. The molecule has 0 N–H and O–H groups in total. The lowest BCUT2D eigenvalue weighted by Gasteiger charge is -2.09. The summed E-state index contributed by atoms with van der Waals surface area (Å²) in [6.07, 6.45) is 0. The van der Waals surface area contributed by atoms with Crippen LogP contribution in [0.2, 0.25) is 5.02 Å². The molecule has 0 amide bonds. The molecular weight excluding hydrogens is 310 g/mol. The Labute approximate surface area is 135 Å². The Morgan fingerprint density at radius 3 is 2.14 bits per heavy atom. The van der Waals surface area contributed by atoms with E-state index in [-0.39, 0.29) is 6.54 Å². The largest absolute Gasteiger partial charge is 0.490 e. The van der Waals surface area contributed by atoms with E-state index >= 15 is 0 Å². The molecule has 0 fully saturated rings. The van der Waals surface area contributed by atoms with Gasteiger partial charge in [0.1, 0.15) is 18.9 Å². The molecule has 1 aromatic carbocycles. The molecule has 0 aliphatic rings. The summed E-state index contributed by atoms with van der Waals surface area (Å²) in [7, 11) is 0. The zero-order valence-corrected chi connectivity index (χ0v) is 13.5. The minimum Gasteiger partial charge on any atom is -0.490 e. The summed E-state index contributed by atoms with van der Waals surface area (Å²) >= 11 is 6.05. The highest BCUT2D eigenvalue weighted by atomic mass is 35.5. The average molecular weight is 332 g/mol. The van der Waals surface area contributed by atoms with Gasteiger partial charge in [0.05, 0.1) is 44.7 Å². The maximum atomic E-state index is 9.79. The highest BCUT2D eigenvalue weighted by molar-refractivity contribution is 6.32. The van der Waals surface area contributed by atoms with E-state index in [0.717, 1.165) is 5.56 Å². The quantitative estimate of drug-likeness (QED) is 0.411. The highest BCUT2D eigenvalue weighted by Crippen LogP contribution is 2.24. The van der Waals surface area contributed by atoms with Crippen LogP contribution in [0.15, 0.2) is 23.4 Å². The van der Waals surface area contributed by atoms with Crippen LogP contribution in [0.3, 0.4) is 0 Å². The number of rotatable bonds is 13. The van der Waals surface area contributed by atoms with Crippen LogP contribution in [0.5, 0.6) is 5.75 Å². The van der Waals surface area contributed by atoms with Gasteiger partial charge in [0.2, 0.25) is 0 Å². The van der Waals surface area contributed by atoms with E-state index < -0.39 is 0 Å². The van der Waals surface area contributed by atoms with Crippen LogP contribution in [0.1, 0.15) is 5.56 Å². The SMILES string of the molecule is Cc1ccc(OCCOCCOCCOCCN=O)c(Cl)c1. The summed E-state index contributed by atoms with van der Waals surface area (Å²) in [6.45, 7) is 5.28. The topological polar surface area (TPSA) is 66.3 Å². The third-order valence-corrected chi connectivity index (χ3v) is 2.94. The molecule has 0 unspecified atom stereocenters. The predicted octanol–water partition coefficient (Wildman–Crippen LogP) is 2.84. The molecule has 0 radical (unpaired) electrons. The Balaban J connectivity index is 1.90.